The Bertz CT molecular complexity index is 926. The number of carbonyl (C=O) groups excluding carboxylic acids is 1. The minimum absolute atomic E-state index is 0.0693. The van der Waals surface area contributed by atoms with Gasteiger partial charge in [-0.25, -0.2) is 9.37 Å². The Kier molecular flexibility index (Phi) is 5.26. The molecule has 2 N–H and O–H groups in total. The molecule has 26 heavy (non-hydrogen) atoms. The van der Waals surface area contributed by atoms with E-state index in [1.165, 1.54) is 18.2 Å². The van der Waals surface area contributed by atoms with Crippen LogP contribution in [0.5, 0.6) is 0 Å². The van der Waals surface area contributed by atoms with Gasteiger partial charge in [-0.15, -0.1) is 0 Å². The zero-order valence-corrected chi connectivity index (χ0v) is 14.2. The van der Waals surface area contributed by atoms with E-state index in [0.29, 0.717) is 24.4 Å². The van der Waals surface area contributed by atoms with Gasteiger partial charge in [0.1, 0.15) is 17.4 Å². The average molecular weight is 355 g/mol. The Morgan fingerprint density at radius 2 is 2.04 bits per heavy atom. The number of furan rings is 1. The van der Waals surface area contributed by atoms with Crippen molar-refractivity contribution in [2.75, 3.05) is 0 Å². The van der Waals surface area contributed by atoms with Crippen LogP contribution in [0.3, 0.4) is 0 Å². The lowest BCUT2D eigenvalue weighted by Gasteiger charge is -1.98. The molecule has 0 unspecified atom stereocenters. The van der Waals surface area contributed by atoms with E-state index in [1.807, 2.05) is 6.92 Å². The van der Waals surface area contributed by atoms with E-state index in [0.717, 1.165) is 18.1 Å². The molecule has 0 aliphatic carbocycles. The predicted molar refractivity (Wildman–Crippen MR) is 93.2 cm³/mol. The van der Waals surface area contributed by atoms with E-state index in [1.54, 1.807) is 18.2 Å². The van der Waals surface area contributed by atoms with Gasteiger partial charge in [0.2, 0.25) is 11.6 Å². The largest absolute Gasteiger partial charge is 0.504 e. The molecule has 0 radical (unpaired) electrons. The van der Waals surface area contributed by atoms with Crippen molar-refractivity contribution < 1.29 is 18.7 Å². The SMILES string of the molecule is CCCc1nc(/C(O)=C\C(=O)c2ccc(Cc3ccc(F)cc3)o2)n[nH]1. The van der Waals surface area contributed by atoms with Gasteiger partial charge in [-0.05, 0) is 36.2 Å². The van der Waals surface area contributed by atoms with Crippen LogP contribution in [0, 0.1) is 5.82 Å². The number of benzene rings is 1. The molecule has 0 amide bonds. The molecule has 3 aromatic rings. The summed E-state index contributed by atoms with van der Waals surface area (Å²) >= 11 is 0. The van der Waals surface area contributed by atoms with Crippen molar-refractivity contribution >= 4 is 11.5 Å². The fourth-order valence-corrected chi connectivity index (χ4v) is 2.43. The van der Waals surface area contributed by atoms with Crippen LogP contribution in [0.15, 0.2) is 46.9 Å². The van der Waals surface area contributed by atoms with Crippen LogP contribution in [0.25, 0.3) is 5.76 Å². The molecule has 0 spiro atoms. The van der Waals surface area contributed by atoms with Crippen LogP contribution < -0.4 is 0 Å². The maximum absolute atomic E-state index is 12.9. The lowest BCUT2D eigenvalue weighted by Crippen LogP contribution is -1.96. The highest BCUT2D eigenvalue weighted by atomic mass is 19.1. The number of hydrogen-bond acceptors (Lipinski definition) is 5. The number of aliphatic hydroxyl groups excluding tert-OH is 1. The van der Waals surface area contributed by atoms with Crippen LogP contribution in [-0.2, 0) is 12.8 Å². The van der Waals surface area contributed by atoms with Crippen molar-refractivity contribution in [2.45, 2.75) is 26.2 Å². The minimum atomic E-state index is -0.491. The normalized spacial score (nSPS) is 11.7. The van der Waals surface area contributed by atoms with Crippen LogP contribution in [0.4, 0.5) is 4.39 Å². The molecule has 0 saturated heterocycles. The second-order valence-electron chi connectivity index (χ2n) is 5.82. The first-order valence-corrected chi connectivity index (χ1v) is 8.25. The highest BCUT2D eigenvalue weighted by Gasteiger charge is 2.14. The molecule has 134 valence electrons. The zero-order chi connectivity index (χ0) is 18.5. The summed E-state index contributed by atoms with van der Waals surface area (Å²) in [6.07, 6.45) is 3.06. The van der Waals surface area contributed by atoms with Crippen molar-refractivity contribution in [3.05, 3.63) is 77.0 Å². The third-order valence-electron chi connectivity index (χ3n) is 3.71. The number of carbonyl (C=O) groups is 1. The molecule has 7 heteroatoms. The monoisotopic (exact) mass is 355 g/mol. The second-order valence-corrected chi connectivity index (χ2v) is 5.82. The number of halogens is 1. The first-order valence-electron chi connectivity index (χ1n) is 8.25. The van der Waals surface area contributed by atoms with Gasteiger partial charge in [0.25, 0.3) is 0 Å². The average Bonchev–Trinajstić information content (AvgIpc) is 3.27. The van der Waals surface area contributed by atoms with Gasteiger partial charge in [-0.1, -0.05) is 19.1 Å². The first kappa shape index (κ1) is 17.6. The third-order valence-corrected chi connectivity index (χ3v) is 3.71. The second kappa shape index (κ2) is 7.77. The highest BCUT2D eigenvalue weighted by Crippen LogP contribution is 2.16. The molecule has 0 fully saturated rings. The number of nitrogens with zero attached hydrogens (tertiary/aromatic N) is 2. The van der Waals surface area contributed by atoms with E-state index in [2.05, 4.69) is 15.2 Å². The number of nitrogens with one attached hydrogen (secondary N) is 1. The molecule has 6 nitrogen and oxygen atoms in total. The van der Waals surface area contributed by atoms with Crippen LogP contribution in [-0.4, -0.2) is 26.1 Å². The molecule has 0 atom stereocenters. The smallest absolute Gasteiger partial charge is 0.224 e. The fourth-order valence-electron chi connectivity index (χ4n) is 2.43. The molecule has 0 aliphatic heterocycles. The van der Waals surface area contributed by atoms with Gasteiger partial charge in [0.15, 0.2) is 11.5 Å². The molecule has 2 heterocycles. The van der Waals surface area contributed by atoms with Gasteiger partial charge in [0, 0.05) is 18.9 Å². The van der Waals surface area contributed by atoms with Crippen molar-refractivity contribution in [1.29, 1.82) is 0 Å². The van der Waals surface area contributed by atoms with Gasteiger partial charge in [-0.3, -0.25) is 9.89 Å². The molecule has 1 aromatic carbocycles. The number of H-pyrrole nitrogens is 1. The number of aromatic amines is 1. The number of ketones is 1. The van der Waals surface area contributed by atoms with E-state index in [4.69, 9.17) is 4.42 Å². The van der Waals surface area contributed by atoms with Crippen LogP contribution in [0.2, 0.25) is 0 Å². The number of hydrogen-bond donors (Lipinski definition) is 2. The molecule has 3 rings (SSSR count). The van der Waals surface area contributed by atoms with Crippen molar-refractivity contribution in [3.8, 4) is 0 Å². The van der Waals surface area contributed by atoms with E-state index < -0.39 is 5.78 Å². The molecule has 0 bridgehead atoms. The predicted octanol–water partition coefficient (Wildman–Crippen LogP) is 3.86. The Morgan fingerprint density at radius 3 is 2.77 bits per heavy atom. The summed E-state index contributed by atoms with van der Waals surface area (Å²) in [6.45, 7) is 2.00. The van der Waals surface area contributed by atoms with Crippen molar-refractivity contribution in [1.82, 2.24) is 15.2 Å². The summed E-state index contributed by atoms with van der Waals surface area (Å²) in [6, 6.07) is 9.26. The van der Waals surface area contributed by atoms with E-state index in [9.17, 15) is 14.3 Å². The number of rotatable bonds is 7. The summed E-state index contributed by atoms with van der Waals surface area (Å²) < 4.78 is 18.4. The molecular weight excluding hydrogens is 337 g/mol. The third kappa shape index (κ3) is 4.24. The summed E-state index contributed by atoms with van der Waals surface area (Å²) in [5.74, 6) is 0.252. The quantitative estimate of drug-likeness (QED) is 0.381. The van der Waals surface area contributed by atoms with Crippen molar-refractivity contribution in [3.63, 3.8) is 0 Å². The zero-order valence-electron chi connectivity index (χ0n) is 14.2. The standard InChI is InChI=1S/C19H18FN3O3/c1-2-3-18-21-19(23-22-18)16(25)11-15(24)17-9-8-14(26-17)10-12-4-6-13(20)7-5-12/h4-9,11,25H,2-3,10H2,1H3,(H,21,22,23)/b16-11+. The van der Waals surface area contributed by atoms with E-state index >= 15 is 0 Å². The Hall–Kier alpha value is -3.22. The summed E-state index contributed by atoms with van der Waals surface area (Å²) in [5.41, 5.74) is 0.863. The first-order chi connectivity index (χ1) is 12.5. The molecule has 0 aliphatic rings. The van der Waals surface area contributed by atoms with Gasteiger partial charge < -0.3 is 9.52 Å². The molecular formula is C19H18FN3O3. The van der Waals surface area contributed by atoms with Crippen LogP contribution >= 0.6 is 0 Å². The summed E-state index contributed by atoms with van der Waals surface area (Å²) in [4.78, 5) is 16.3. The maximum atomic E-state index is 12.9. The van der Waals surface area contributed by atoms with Crippen molar-refractivity contribution in [2.24, 2.45) is 0 Å². The van der Waals surface area contributed by atoms with E-state index in [-0.39, 0.29) is 23.2 Å². The van der Waals surface area contributed by atoms with Gasteiger partial charge in [0.05, 0.1) is 0 Å². The summed E-state index contributed by atoms with van der Waals surface area (Å²) in [7, 11) is 0. The fraction of sp³-hybridized carbons (Fsp3) is 0.211. The van der Waals surface area contributed by atoms with Gasteiger partial charge >= 0.3 is 0 Å². The molecule has 2 aromatic heterocycles. The number of aryl methyl sites for hydroxylation is 1. The Balaban J connectivity index is 1.69. The van der Waals surface area contributed by atoms with Crippen LogP contribution in [0.1, 0.15) is 46.9 Å². The van der Waals surface area contributed by atoms with Gasteiger partial charge in [-0.2, -0.15) is 5.10 Å². The summed E-state index contributed by atoms with van der Waals surface area (Å²) in [5, 5.41) is 16.6. The number of aliphatic hydroxyl groups is 1. The maximum Gasteiger partial charge on any atom is 0.224 e. The lowest BCUT2D eigenvalue weighted by atomic mass is 10.1. The Labute approximate surface area is 149 Å². The lowest BCUT2D eigenvalue weighted by molar-refractivity contribution is 0.101. The molecule has 0 saturated carbocycles. The topological polar surface area (TPSA) is 92.0 Å². The number of allylic oxidation sites excluding steroid dienone is 1. The minimum Gasteiger partial charge on any atom is -0.504 e. The number of aromatic nitrogens is 3. The highest BCUT2D eigenvalue weighted by molar-refractivity contribution is 6.05. The Morgan fingerprint density at radius 1 is 1.27 bits per heavy atom.